The lowest BCUT2D eigenvalue weighted by Gasteiger charge is -2.42. The van der Waals surface area contributed by atoms with Gasteiger partial charge in [0.15, 0.2) is 5.78 Å². The van der Waals surface area contributed by atoms with E-state index in [2.05, 4.69) is 10.3 Å². The first-order chi connectivity index (χ1) is 36.7. The Morgan fingerprint density at radius 1 is 0.870 bits per heavy atom. The molecule has 0 radical (unpaired) electrons. The van der Waals surface area contributed by atoms with Crippen molar-refractivity contribution in [1.82, 2.24) is 24.8 Å². The molecule has 19 heteroatoms. The number of aliphatic hydroxyl groups excluding tert-OH is 3. The Bertz CT molecular complexity index is 2220. The summed E-state index contributed by atoms with van der Waals surface area (Å²) >= 11 is 0. The second kappa shape index (κ2) is 30.3. The number of carbonyl (C=O) groups is 5. The highest BCUT2D eigenvalue weighted by atomic mass is 16.6. The molecular formula is C58H91N5O14. The number of piperidine rings is 1. The molecule has 1 saturated carbocycles. The van der Waals surface area contributed by atoms with Gasteiger partial charge in [-0.1, -0.05) is 76.3 Å². The molecule has 2 saturated heterocycles. The van der Waals surface area contributed by atoms with Gasteiger partial charge in [0.05, 0.1) is 49.5 Å². The largest absolute Gasteiger partial charge is 0.460 e. The van der Waals surface area contributed by atoms with Gasteiger partial charge in [-0.2, -0.15) is 0 Å². The number of aliphatic hydroxyl groups is 4. The quantitative estimate of drug-likeness (QED) is 0.109. The van der Waals surface area contributed by atoms with Crippen molar-refractivity contribution in [1.29, 1.82) is 0 Å². The average Bonchev–Trinajstić information content (AvgIpc) is 3.88. The minimum Gasteiger partial charge on any atom is -0.460 e. The zero-order valence-corrected chi connectivity index (χ0v) is 47.5. The highest BCUT2D eigenvalue weighted by Crippen LogP contribution is 2.40. The van der Waals surface area contributed by atoms with Crippen LogP contribution in [0, 0.1) is 35.5 Å². The van der Waals surface area contributed by atoms with Crippen LogP contribution in [-0.2, 0) is 54.2 Å². The van der Waals surface area contributed by atoms with E-state index in [1.54, 1.807) is 41.1 Å². The molecule has 19 nitrogen and oxygen atoms in total. The number of amides is 1. The Hall–Kier alpha value is -4.31. The molecule has 1 amide bonds. The third-order valence-electron chi connectivity index (χ3n) is 16.6. The summed E-state index contributed by atoms with van der Waals surface area (Å²) in [6.07, 6.45) is 13.7. The van der Waals surface area contributed by atoms with Crippen LogP contribution in [0.5, 0.6) is 0 Å². The molecule has 1 aromatic rings. The summed E-state index contributed by atoms with van der Waals surface area (Å²) in [6, 6.07) is -1.29. The maximum absolute atomic E-state index is 14.6. The van der Waals surface area contributed by atoms with Crippen molar-refractivity contribution >= 4 is 29.2 Å². The van der Waals surface area contributed by atoms with Gasteiger partial charge < -0.3 is 49.0 Å². The number of esters is 1. The highest BCUT2D eigenvalue weighted by Gasteiger charge is 2.53. The fourth-order valence-corrected chi connectivity index (χ4v) is 11.7. The molecule has 0 unspecified atom stereocenters. The van der Waals surface area contributed by atoms with Gasteiger partial charge in [0, 0.05) is 78.1 Å². The molecule has 3 aliphatic heterocycles. The van der Waals surface area contributed by atoms with Crippen molar-refractivity contribution in [2.45, 2.75) is 187 Å². The summed E-state index contributed by atoms with van der Waals surface area (Å²) in [4.78, 5) is 74.8. The maximum atomic E-state index is 14.6. The Kier molecular flexibility index (Phi) is 25.0. The van der Waals surface area contributed by atoms with Crippen LogP contribution in [0.25, 0.3) is 0 Å². The lowest BCUT2D eigenvalue weighted by atomic mass is 9.77. The van der Waals surface area contributed by atoms with Crippen molar-refractivity contribution in [3.8, 4) is 0 Å². The van der Waals surface area contributed by atoms with Crippen LogP contribution in [0.2, 0.25) is 0 Å². The summed E-state index contributed by atoms with van der Waals surface area (Å²) in [6.45, 7) is 13.8. The molecule has 4 aliphatic rings. The van der Waals surface area contributed by atoms with Crippen LogP contribution in [-0.4, -0.2) is 177 Å². The second-order valence-electron chi connectivity index (χ2n) is 22.5. The van der Waals surface area contributed by atoms with Gasteiger partial charge in [0.1, 0.15) is 30.1 Å². The minimum absolute atomic E-state index is 0.00350. The van der Waals surface area contributed by atoms with Gasteiger partial charge in [-0.3, -0.25) is 24.1 Å². The molecule has 15 atom stereocenters. The molecule has 1 aliphatic carbocycles. The number of ether oxygens (including phenoxy) is 5. The van der Waals surface area contributed by atoms with E-state index in [0.29, 0.717) is 88.7 Å². The predicted octanol–water partition coefficient (Wildman–Crippen LogP) is 5.44. The van der Waals surface area contributed by atoms with E-state index in [1.165, 1.54) is 12.0 Å². The van der Waals surface area contributed by atoms with E-state index in [1.807, 2.05) is 73.9 Å². The van der Waals surface area contributed by atoms with Gasteiger partial charge >= 0.3 is 5.97 Å². The number of cyclic esters (lactones) is 1. The summed E-state index contributed by atoms with van der Waals surface area (Å²) in [5.74, 6) is -8.19. The maximum Gasteiger partial charge on any atom is 0.329 e. The monoisotopic (exact) mass is 1080 g/mol. The summed E-state index contributed by atoms with van der Waals surface area (Å²) < 4.78 is 31.9. The number of ketones is 3. The number of methoxy groups -OCH3 is 3. The Labute approximate surface area is 456 Å². The summed E-state index contributed by atoms with van der Waals surface area (Å²) in [5, 5.41) is 51.4. The minimum atomic E-state index is -2.45. The topological polar surface area (TPSA) is 250 Å². The zero-order chi connectivity index (χ0) is 56.6. The summed E-state index contributed by atoms with van der Waals surface area (Å²) in [7, 11) is 4.61. The number of hydrogen-bond acceptors (Lipinski definition) is 17. The number of rotatable bonds is 13. The second-order valence-corrected chi connectivity index (χ2v) is 22.5. The molecule has 0 spiro atoms. The van der Waals surface area contributed by atoms with Gasteiger partial charge in [0.25, 0.3) is 11.7 Å². The lowest BCUT2D eigenvalue weighted by Crippen LogP contribution is -2.61. The van der Waals surface area contributed by atoms with Crippen LogP contribution in [0.4, 0.5) is 0 Å². The summed E-state index contributed by atoms with van der Waals surface area (Å²) in [5.41, 5.74) is 1.94. The number of Topliss-reactive ketones (excluding diaryl/α,β-unsaturated/α-hetero) is 3. The standard InChI is InChI=1S/C58H91N5O14/c1-36-16-12-11-13-17-37(2)49(73-8)32-45-21-19-42(7)58(72,77-45)55(69)56(70)62-23-15-14-18-47(62)57(71)76-50(33-48(66)38(3)29-41(6)53(68)54(75-10)52(67)40(5)28-36)39(4)30-43-20-22-46(51(31-43)74-9)63-35-44(59-60-63)34-61(24-26-64)25-27-65/h11-13,16-17,29,35-36,38-40,42-43,45-47,49-51,53-54,64-65,68,72H,14-15,18-28,30-34H2,1-10H3/b13-11+,16-12+,37-17+,41-29+/t36-,38-,39-,40-,42-,43+,45+,46+,47+,49+,50+,51-,53-,54+,58-/m1/s1. The van der Waals surface area contributed by atoms with E-state index >= 15 is 0 Å². The van der Waals surface area contributed by atoms with Crippen molar-refractivity contribution in [3.63, 3.8) is 0 Å². The van der Waals surface area contributed by atoms with Crippen molar-refractivity contribution < 1.29 is 68.1 Å². The molecular weight excluding hydrogens is 991 g/mol. The lowest BCUT2D eigenvalue weighted by molar-refractivity contribution is -0.265. The van der Waals surface area contributed by atoms with Crippen molar-refractivity contribution in [2.75, 3.05) is 54.2 Å². The number of nitrogens with zero attached hydrogens (tertiary/aromatic N) is 5. The molecule has 3 fully saturated rings. The fourth-order valence-electron chi connectivity index (χ4n) is 11.7. The van der Waals surface area contributed by atoms with Gasteiger partial charge in [0.2, 0.25) is 5.79 Å². The molecule has 432 valence electrons. The van der Waals surface area contributed by atoms with Crippen LogP contribution in [0.1, 0.15) is 137 Å². The first-order valence-corrected chi connectivity index (χ1v) is 28.0. The van der Waals surface area contributed by atoms with Crippen molar-refractivity contribution in [2.24, 2.45) is 35.5 Å². The molecule has 2 bridgehead atoms. The average molecular weight is 1080 g/mol. The van der Waals surface area contributed by atoms with E-state index in [-0.39, 0.29) is 74.1 Å². The first-order valence-electron chi connectivity index (χ1n) is 28.0. The Balaban J connectivity index is 1.44. The van der Waals surface area contributed by atoms with E-state index in [4.69, 9.17) is 23.7 Å². The van der Waals surface area contributed by atoms with Crippen molar-refractivity contribution in [3.05, 3.63) is 59.5 Å². The Morgan fingerprint density at radius 3 is 2.27 bits per heavy atom. The first kappa shape index (κ1) is 63.5. The number of hydrogen-bond donors (Lipinski definition) is 4. The van der Waals surface area contributed by atoms with Crippen LogP contribution < -0.4 is 0 Å². The number of carbonyl (C=O) groups excluding carboxylic acids is 5. The fraction of sp³-hybridized carbons (Fsp3) is 0.741. The van der Waals surface area contributed by atoms with E-state index in [0.717, 1.165) is 12.0 Å². The molecule has 1 aromatic heterocycles. The van der Waals surface area contributed by atoms with Crippen LogP contribution in [0.15, 0.2) is 53.8 Å². The number of aromatic nitrogens is 3. The molecule has 4 N–H and O–H groups in total. The predicted molar refractivity (Wildman–Crippen MR) is 288 cm³/mol. The molecule has 0 aromatic carbocycles. The third-order valence-corrected chi connectivity index (χ3v) is 16.6. The SMILES string of the molecule is CO[C@H]1C[C@@H]2CC[C@@H](C)[C@@](O)(O2)C(=O)C(=O)N2CCCC[C@H]2C(=O)O[C@H]([C@H](C)C[C@@H]2CC[C@H](n3cc(CN(CCO)CCO)nn3)[C@H](OC)C2)CC(=O)[C@H](C)/C=C(\C)[C@@H](O)[C@@H](OC)C(=O)[C@H](C)C[C@H](C)/C=C/C=C/C=C/1C. The molecule has 5 rings (SSSR count). The van der Waals surface area contributed by atoms with Gasteiger partial charge in [-0.05, 0) is 107 Å². The smallest absolute Gasteiger partial charge is 0.329 e. The van der Waals surface area contributed by atoms with Gasteiger partial charge in [-0.15, -0.1) is 5.10 Å². The Morgan fingerprint density at radius 2 is 1.60 bits per heavy atom. The normalized spacial score (nSPS) is 36.1. The van der Waals surface area contributed by atoms with Crippen LogP contribution in [0.3, 0.4) is 0 Å². The third kappa shape index (κ3) is 17.1. The van der Waals surface area contributed by atoms with E-state index in [9.17, 15) is 44.4 Å². The number of allylic oxidation sites excluding steroid dienone is 6. The van der Waals surface area contributed by atoms with Crippen LogP contribution >= 0.6 is 0 Å². The highest BCUT2D eigenvalue weighted by molar-refractivity contribution is 6.39. The van der Waals surface area contributed by atoms with Gasteiger partial charge in [-0.25, -0.2) is 9.48 Å². The number of fused-ring (bicyclic) bond motifs is 3. The zero-order valence-electron chi connectivity index (χ0n) is 47.5. The molecule has 77 heavy (non-hydrogen) atoms. The van der Waals surface area contributed by atoms with E-state index < -0.39 is 77.8 Å². The molecule has 4 heterocycles.